The van der Waals surface area contributed by atoms with Crippen LogP contribution < -0.4 is 15.6 Å². The summed E-state index contributed by atoms with van der Waals surface area (Å²) in [6, 6.07) is 7.10. The normalized spacial score (nSPS) is 10.9. The molecule has 0 saturated heterocycles. The minimum absolute atomic E-state index is 0.0827. The number of ether oxygens (including phenoxy) is 1. The fourth-order valence-corrected chi connectivity index (χ4v) is 3.76. The van der Waals surface area contributed by atoms with E-state index in [1.165, 1.54) is 11.3 Å². The van der Waals surface area contributed by atoms with Crippen LogP contribution in [0.1, 0.15) is 35.0 Å². The van der Waals surface area contributed by atoms with Gasteiger partial charge < -0.3 is 10.1 Å². The Hall–Kier alpha value is -2.67. The van der Waals surface area contributed by atoms with Gasteiger partial charge in [0.15, 0.2) is 0 Å². The van der Waals surface area contributed by atoms with Crippen LogP contribution >= 0.6 is 11.3 Å². The summed E-state index contributed by atoms with van der Waals surface area (Å²) in [5.74, 6) is 0.480. The molecule has 3 rings (SSSR count). The van der Waals surface area contributed by atoms with Gasteiger partial charge in [0, 0.05) is 12.2 Å². The van der Waals surface area contributed by atoms with E-state index in [1.54, 1.807) is 49.2 Å². The predicted octanol–water partition coefficient (Wildman–Crippen LogP) is 3.83. The van der Waals surface area contributed by atoms with Gasteiger partial charge in [0.2, 0.25) is 0 Å². The van der Waals surface area contributed by atoms with E-state index in [2.05, 4.69) is 17.2 Å². The number of aromatic nitrogens is 2. The Labute approximate surface area is 155 Å². The second-order valence-corrected chi connectivity index (χ2v) is 7.01. The van der Waals surface area contributed by atoms with Crippen LogP contribution in [-0.4, -0.2) is 22.6 Å². The smallest absolute Gasteiger partial charge is 0.266 e. The summed E-state index contributed by atoms with van der Waals surface area (Å²) in [5.41, 5.74) is 1.26. The van der Waals surface area contributed by atoms with Crippen LogP contribution in [0, 0.1) is 6.92 Å². The number of carbonyl (C=O) groups excluding carboxylic acids is 1. The lowest BCUT2D eigenvalue weighted by atomic mass is 10.2. The van der Waals surface area contributed by atoms with Gasteiger partial charge in [-0.05, 0) is 43.2 Å². The summed E-state index contributed by atoms with van der Waals surface area (Å²) in [6.45, 7) is 4.52. The van der Waals surface area contributed by atoms with Gasteiger partial charge in [-0.15, -0.1) is 11.3 Å². The van der Waals surface area contributed by atoms with E-state index in [-0.39, 0.29) is 11.5 Å². The molecule has 0 spiro atoms. The number of hydrogen-bond acceptors (Lipinski definition) is 5. The third-order valence-corrected chi connectivity index (χ3v) is 5.42. The van der Waals surface area contributed by atoms with Crippen LogP contribution in [0.25, 0.3) is 10.2 Å². The van der Waals surface area contributed by atoms with E-state index in [4.69, 9.17) is 4.74 Å². The zero-order valence-electron chi connectivity index (χ0n) is 15.0. The van der Waals surface area contributed by atoms with E-state index in [0.29, 0.717) is 32.9 Å². The fourth-order valence-electron chi connectivity index (χ4n) is 2.73. The Morgan fingerprint density at radius 3 is 2.69 bits per heavy atom. The molecule has 0 unspecified atom stereocenters. The van der Waals surface area contributed by atoms with Gasteiger partial charge in [-0.1, -0.05) is 13.3 Å². The van der Waals surface area contributed by atoms with Crippen molar-refractivity contribution in [3.8, 4) is 5.75 Å². The van der Waals surface area contributed by atoms with Crippen LogP contribution in [0.5, 0.6) is 5.75 Å². The van der Waals surface area contributed by atoms with Gasteiger partial charge in [-0.3, -0.25) is 14.2 Å². The third-order valence-electron chi connectivity index (χ3n) is 4.22. The first-order chi connectivity index (χ1) is 12.5. The van der Waals surface area contributed by atoms with Gasteiger partial charge in [0.25, 0.3) is 11.5 Å². The number of anilines is 1. The summed E-state index contributed by atoms with van der Waals surface area (Å²) in [7, 11) is 1.59. The molecule has 1 aromatic carbocycles. The van der Waals surface area contributed by atoms with E-state index >= 15 is 0 Å². The summed E-state index contributed by atoms with van der Waals surface area (Å²) in [5, 5.41) is 3.39. The SMILES string of the molecule is CCCCn1cnc2sc(C(=O)Nc3ccc(OC)cc3)c(C)c2c1=O. The number of methoxy groups -OCH3 is 1. The van der Waals surface area contributed by atoms with Crippen LogP contribution in [0.2, 0.25) is 0 Å². The summed E-state index contributed by atoms with van der Waals surface area (Å²) >= 11 is 1.24. The highest BCUT2D eigenvalue weighted by Gasteiger charge is 2.19. The Kier molecular flexibility index (Phi) is 5.37. The molecule has 0 radical (unpaired) electrons. The minimum Gasteiger partial charge on any atom is -0.497 e. The Morgan fingerprint density at radius 2 is 2.04 bits per heavy atom. The summed E-state index contributed by atoms with van der Waals surface area (Å²) in [4.78, 5) is 30.8. The van der Waals surface area contributed by atoms with Crippen LogP contribution in [-0.2, 0) is 6.54 Å². The highest BCUT2D eigenvalue weighted by atomic mass is 32.1. The van der Waals surface area contributed by atoms with Crippen molar-refractivity contribution in [2.75, 3.05) is 12.4 Å². The largest absolute Gasteiger partial charge is 0.497 e. The first-order valence-corrected chi connectivity index (χ1v) is 9.30. The molecule has 6 nitrogen and oxygen atoms in total. The van der Waals surface area contributed by atoms with Crippen LogP contribution in [0.4, 0.5) is 5.69 Å². The molecular formula is C19H21N3O3S. The van der Waals surface area contributed by atoms with Gasteiger partial charge in [0.05, 0.1) is 23.7 Å². The molecule has 2 aromatic heterocycles. The first-order valence-electron chi connectivity index (χ1n) is 8.49. The minimum atomic E-state index is -0.241. The number of hydrogen-bond donors (Lipinski definition) is 1. The predicted molar refractivity (Wildman–Crippen MR) is 104 cm³/mol. The van der Waals surface area contributed by atoms with E-state index in [9.17, 15) is 9.59 Å². The van der Waals surface area contributed by atoms with Gasteiger partial charge in [-0.2, -0.15) is 0 Å². The maximum Gasteiger partial charge on any atom is 0.266 e. The maximum atomic E-state index is 12.7. The van der Waals surface area contributed by atoms with Crippen molar-refractivity contribution in [3.63, 3.8) is 0 Å². The fraction of sp³-hybridized carbons (Fsp3) is 0.316. The lowest BCUT2D eigenvalue weighted by Gasteiger charge is -2.06. The van der Waals surface area contributed by atoms with E-state index in [0.717, 1.165) is 18.6 Å². The third kappa shape index (κ3) is 3.48. The van der Waals surface area contributed by atoms with Crippen molar-refractivity contribution < 1.29 is 9.53 Å². The van der Waals surface area contributed by atoms with E-state index in [1.807, 2.05) is 0 Å². The van der Waals surface area contributed by atoms with Crippen molar-refractivity contribution in [3.05, 3.63) is 51.4 Å². The first kappa shape index (κ1) is 18.1. The molecule has 3 aromatic rings. The van der Waals surface area contributed by atoms with Crippen molar-refractivity contribution in [2.24, 2.45) is 0 Å². The maximum absolute atomic E-state index is 12.7. The molecule has 136 valence electrons. The quantitative estimate of drug-likeness (QED) is 0.715. The number of benzene rings is 1. The number of nitrogens with one attached hydrogen (secondary N) is 1. The number of amides is 1. The molecular weight excluding hydrogens is 350 g/mol. The molecule has 1 N–H and O–H groups in total. The molecule has 0 bridgehead atoms. The van der Waals surface area contributed by atoms with Crippen LogP contribution in [0.3, 0.4) is 0 Å². The lowest BCUT2D eigenvalue weighted by Crippen LogP contribution is -2.20. The number of aryl methyl sites for hydroxylation is 2. The zero-order valence-corrected chi connectivity index (χ0v) is 15.9. The lowest BCUT2D eigenvalue weighted by molar-refractivity contribution is 0.103. The van der Waals surface area contributed by atoms with Gasteiger partial charge in [-0.25, -0.2) is 4.98 Å². The molecule has 0 fully saturated rings. The molecule has 0 atom stereocenters. The number of carbonyl (C=O) groups is 1. The van der Waals surface area contributed by atoms with Crippen molar-refractivity contribution in [2.45, 2.75) is 33.2 Å². The van der Waals surface area contributed by atoms with Crippen molar-refractivity contribution in [1.82, 2.24) is 9.55 Å². The van der Waals surface area contributed by atoms with Crippen molar-refractivity contribution >= 4 is 33.1 Å². The molecule has 0 aliphatic heterocycles. The highest BCUT2D eigenvalue weighted by Crippen LogP contribution is 2.28. The Balaban J connectivity index is 1.91. The van der Waals surface area contributed by atoms with Gasteiger partial charge in [0.1, 0.15) is 10.6 Å². The second kappa shape index (κ2) is 7.70. The summed E-state index contributed by atoms with van der Waals surface area (Å²) < 4.78 is 6.74. The van der Waals surface area contributed by atoms with Crippen molar-refractivity contribution in [1.29, 1.82) is 0 Å². The topological polar surface area (TPSA) is 73.2 Å². The number of rotatable bonds is 6. The Morgan fingerprint density at radius 1 is 1.31 bits per heavy atom. The number of fused-ring (bicyclic) bond motifs is 1. The highest BCUT2D eigenvalue weighted by molar-refractivity contribution is 7.20. The average Bonchev–Trinajstić information content (AvgIpc) is 2.99. The molecule has 0 saturated carbocycles. The number of nitrogens with zero attached hydrogens (tertiary/aromatic N) is 2. The Bertz CT molecular complexity index is 990. The molecule has 2 heterocycles. The molecule has 0 aliphatic rings. The number of unbranched alkanes of at least 4 members (excludes halogenated alkanes) is 1. The number of thiophene rings is 1. The molecule has 26 heavy (non-hydrogen) atoms. The van der Waals surface area contributed by atoms with Crippen LogP contribution in [0.15, 0.2) is 35.4 Å². The summed E-state index contributed by atoms with van der Waals surface area (Å²) in [6.07, 6.45) is 3.49. The standard InChI is InChI=1S/C19H21N3O3S/c1-4-5-10-22-11-20-18-15(19(22)24)12(2)16(26-18)17(23)21-13-6-8-14(25-3)9-7-13/h6-9,11H,4-5,10H2,1-3H3,(H,21,23). The van der Waals surface area contributed by atoms with Gasteiger partial charge >= 0.3 is 0 Å². The second-order valence-electron chi connectivity index (χ2n) is 6.02. The molecule has 7 heteroatoms. The van der Waals surface area contributed by atoms with E-state index < -0.39 is 0 Å². The monoisotopic (exact) mass is 371 g/mol. The average molecular weight is 371 g/mol. The zero-order chi connectivity index (χ0) is 18.7. The molecule has 1 amide bonds. The molecule has 0 aliphatic carbocycles.